The molecule has 2 rings (SSSR count). The minimum atomic E-state index is 0.218. The number of epoxide rings is 1. The van der Waals surface area contributed by atoms with E-state index in [0.29, 0.717) is 4.83 Å². The van der Waals surface area contributed by atoms with Crippen LogP contribution >= 0.6 is 31.9 Å². The Morgan fingerprint density at radius 3 is 2.46 bits per heavy atom. The van der Waals surface area contributed by atoms with Crippen molar-refractivity contribution in [2.75, 3.05) is 6.61 Å². The van der Waals surface area contributed by atoms with Crippen LogP contribution in [0.2, 0.25) is 0 Å². The van der Waals surface area contributed by atoms with Crippen LogP contribution in [0, 0.1) is 5.92 Å². The molecule has 1 nitrogen and oxygen atoms in total. The standard InChI is InChI=1S/C10H16Br2O/c1-9(12)4-3-7(5-8(9)11)10(2)6-13-10/h7-8H,3-6H2,1-2H3/t7-,8+,9+,10-/m0/s1. The molecule has 4 atom stereocenters. The van der Waals surface area contributed by atoms with Gasteiger partial charge in [0.25, 0.3) is 0 Å². The molecule has 0 aromatic carbocycles. The molecule has 3 heteroatoms. The summed E-state index contributed by atoms with van der Waals surface area (Å²) in [6.45, 7) is 5.49. The Hall–Kier alpha value is 0.920. The Bertz CT molecular complexity index is 211. The van der Waals surface area contributed by atoms with E-state index in [-0.39, 0.29) is 9.93 Å². The lowest BCUT2D eigenvalue weighted by Gasteiger charge is -2.39. The molecule has 0 bridgehead atoms. The molecule has 2 aliphatic rings. The van der Waals surface area contributed by atoms with Crippen LogP contribution in [0.5, 0.6) is 0 Å². The lowest BCUT2D eigenvalue weighted by Crippen LogP contribution is -2.39. The zero-order valence-corrected chi connectivity index (χ0v) is 11.3. The summed E-state index contributed by atoms with van der Waals surface area (Å²) in [5, 5.41) is 0. The summed E-state index contributed by atoms with van der Waals surface area (Å²) in [5.74, 6) is 0.752. The quantitative estimate of drug-likeness (QED) is 0.533. The van der Waals surface area contributed by atoms with Gasteiger partial charge in [-0.05, 0) is 39.0 Å². The Labute approximate surface area is 96.9 Å². The first kappa shape index (κ1) is 10.4. The molecule has 1 saturated carbocycles. The van der Waals surface area contributed by atoms with Crippen molar-refractivity contribution in [2.24, 2.45) is 5.92 Å². The first-order chi connectivity index (χ1) is 5.94. The van der Waals surface area contributed by atoms with E-state index < -0.39 is 0 Å². The summed E-state index contributed by atoms with van der Waals surface area (Å²) in [7, 11) is 0. The highest BCUT2D eigenvalue weighted by molar-refractivity contribution is 9.12. The number of alkyl halides is 2. The zero-order chi connectivity index (χ0) is 9.69. The van der Waals surface area contributed by atoms with Gasteiger partial charge in [-0.25, -0.2) is 0 Å². The number of ether oxygens (including phenoxy) is 1. The maximum atomic E-state index is 5.52. The predicted molar refractivity (Wildman–Crippen MR) is 61.7 cm³/mol. The van der Waals surface area contributed by atoms with Crippen LogP contribution in [0.25, 0.3) is 0 Å². The number of hydrogen-bond acceptors (Lipinski definition) is 1. The molecular weight excluding hydrogens is 296 g/mol. The Balaban J connectivity index is 1.99. The van der Waals surface area contributed by atoms with Gasteiger partial charge in [0.1, 0.15) is 0 Å². The molecule has 0 spiro atoms. The number of halogens is 2. The highest BCUT2D eigenvalue weighted by Gasteiger charge is 2.51. The van der Waals surface area contributed by atoms with Crippen LogP contribution in [0.4, 0.5) is 0 Å². The average molecular weight is 312 g/mol. The summed E-state index contributed by atoms with van der Waals surface area (Å²) in [5.41, 5.74) is 0.218. The zero-order valence-electron chi connectivity index (χ0n) is 8.15. The topological polar surface area (TPSA) is 12.5 Å². The summed E-state index contributed by atoms with van der Waals surface area (Å²) < 4.78 is 5.80. The van der Waals surface area contributed by atoms with Gasteiger partial charge in [0, 0.05) is 9.15 Å². The van der Waals surface area contributed by atoms with Gasteiger partial charge in [-0.2, -0.15) is 0 Å². The summed E-state index contributed by atoms with van der Waals surface area (Å²) in [4.78, 5) is 0.583. The van der Waals surface area contributed by atoms with Gasteiger partial charge < -0.3 is 4.74 Å². The maximum Gasteiger partial charge on any atom is 0.0917 e. The lowest BCUT2D eigenvalue weighted by molar-refractivity contribution is 0.183. The number of hydrogen-bond donors (Lipinski definition) is 0. The highest BCUT2D eigenvalue weighted by atomic mass is 79.9. The van der Waals surface area contributed by atoms with E-state index in [2.05, 4.69) is 45.7 Å². The van der Waals surface area contributed by atoms with E-state index in [1.54, 1.807) is 0 Å². The van der Waals surface area contributed by atoms with Crippen LogP contribution in [0.15, 0.2) is 0 Å². The lowest BCUT2D eigenvalue weighted by atomic mass is 9.77. The molecule has 1 saturated heterocycles. The van der Waals surface area contributed by atoms with Crippen LogP contribution in [-0.4, -0.2) is 21.4 Å². The number of rotatable bonds is 1. The molecule has 2 fully saturated rings. The van der Waals surface area contributed by atoms with Crippen molar-refractivity contribution in [1.29, 1.82) is 0 Å². The molecule has 1 aliphatic carbocycles. The van der Waals surface area contributed by atoms with Crippen LogP contribution < -0.4 is 0 Å². The van der Waals surface area contributed by atoms with Gasteiger partial charge >= 0.3 is 0 Å². The molecule has 0 amide bonds. The summed E-state index contributed by atoms with van der Waals surface area (Å²) >= 11 is 7.55. The average Bonchev–Trinajstić information content (AvgIpc) is 2.75. The molecule has 0 N–H and O–H groups in total. The van der Waals surface area contributed by atoms with Crippen LogP contribution in [0.3, 0.4) is 0 Å². The largest absolute Gasteiger partial charge is 0.370 e. The SMILES string of the molecule is C[C@@]1(Br)CC[C@H]([C@]2(C)CO2)C[C@H]1Br. The van der Waals surface area contributed by atoms with E-state index >= 15 is 0 Å². The van der Waals surface area contributed by atoms with Crippen molar-refractivity contribution in [2.45, 2.75) is 47.9 Å². The van der Waals surface area contributed by atoms with Crippen molar-refractivity contribution in [3.8, 4) is 0 Å². The summed E-state index contributed by atoms with van der Waals surface area (Å²) in [6, 6.07) is 0. The molecule has 1 aliphatic heterocycles. The molecule has 0 aromatic rings. The molecule has 0 unspecified atom stereocenters. The van der Waals surface area contributed by atoms with Gasteiger partial charge in [-0.1, -0.05) is 31.9 Å². The Kier molecular flexibility index (Phi) is 2.58. The second-order valence-corrected chi connectivity index (χ2v) is 7.74. The predicted octanol–water partition coefficient (Wildman–Crippen LogP) is 3.49. The van der Waals surface area contributed by atoms with E-state index in [1.807, 2.05) is 0 Å². The van der Waals surface area contributed by atoms with Crippen molar-refractivity contribution >= 4 is 31.9 Å². The van der Waals surface area contributed by atoms with E-state index in [0.717, 1.165) is 12.5 Å². The van der Waals surface area contributed by atoms with E-state index in [9.17, 15) is 0 Å². The highest BCUT2D eigenvalue weighted by Crippen LogP contribution is 2.49. The molecule has 0 aromatic heterocycles. The third-order valence-corrected chi connectivity index (χ3v) is 6.54. The van der Waals surface area contributed by atoms with Gasteiger partial charge in [0.15, 0.2) is 0 Å². The maximum absolute atomic E-state index is 5.52. The minimum Gasteiger partial charge on any atom is -0.370 e. The molecule has 13 heavy (non-hydrogen) atoms. The normalized spacial score (nSPS) is 56.3. The van der Waals surface area contributed by atoms with Gasteiger partial charge in [0.2, 0.25) is 0 Å². The van der Waals surface area contributed by atoms with E-state index in [1.165, 1.54) is 19.3 Å². The Morgan fingerprint density at radius 1 is 1.38 bits per heavy atom. The van der Waals surface area contributed by atoms with Crippen molar-refractivity contribution < 1.29 is 4.74 Å². The fourth-order valence-electron chi connectivity index (χ4n) is 2.13. The first-order valence-corrected chi connectivity index (χ1v) is 6.62. The second kappa shape index (κ2) is 3.21. The molecule has 76 valence electrons. The monoisotopic (exact) mass is 310 g/mol. The van der Waals surface area contributed by atoms with Crippen LogP contribution in [-0.2, 0) is 4.74 Å². The second-order valence-electron chi connectivity index (χ2n) is 4.82. The van der Waals surface area contributed by atoms with Crippen molar-refractivity contribution in [3.05, 3.63) is 0 Å². The first-order valence-electron chi connectivity index (χ1n) is 4.91. The van der Waals surface area contributed by atoms with E-state index in [4.69, 9.17) is 4.74 Å². The fourth-order valence-corrected chi connectivity index (χ4v) is 3.23. The van der Waals surface area contributed by atoms with Crippen molar-refractivity contribution in [3.63, 3.8) is 0 Å². The minimum absolute atomic E-state index is 0.218. The Morgan fingerprint density at radius 2 is 2.00 bits per heavy atom. The smallest absolute Gasteiger partial charge is 0.0917 e. The van der Waals surface area contributed by atoms with Crippen LogP contribution in [0.1, 0.15) is 33.1 Å². The van der Waals surface area contributed by atoms with Gasteiger partial charge in [-0.15, -0.1) is 0 Å². The third kappa shape index (κ3) is 1.98. The third-order valence-electron chi connectivity index (χ3n) is 3.59. The van der Waals surface area contributed by atoms with Crippen molar-refractivity contribution in [1.82, 2.24) is 0 Å². The van der Waals surface area contributed by atoms with Gasteiger partial charge in [0.05, 0.1) is 12.2 Å². The fraction of sp³-hybridized carbons (Fsp3) is 1.00. The van der Waals surface area contributed by atoms with Gasteiger partial charge in [-0.3, -0.25) is 0 Å². The molecular formula is C10H16Br2O. The summed E-state index contributed by atoms with van der Waals surface area (Å²) in [6.07, 6.45) is 3.77. The molecule has 0 radical (unpaired) electrons. The molecule has 1 heterocycles.